The van der Waals surface area contributed by atoms with Gasteiger partial charge >= 0.3 is 6.09 Å². The molecule has 3 aromatic rings. The Kier molecular flexibility index (Phi) is 11.6. The lowest BCUT2D eigenvalue weighted by molar-refractivity contribution is -0.00947. The molecule has 1 amide bonds. The highest BCUT2D eigenvalue weighted by Gasteiger charge is 2.51. The van der Waals surface area contributed by atoms with Crippen molar-refractivity contribution in [2.45, 2.75) is 122 Å². The first-order valence-corrected chi connectivity index (χ1v) is 20.8. The fourth-order valence-electron chi connectivity index (χ4n) is 9.35. The van der Waals surface area contributed by atoms with Gasteiger partial charge in [0.15, 0.2) is 0 Å². The lowest BCUT2D eigenvalue weighted by Crippen LogP contribution is -2.51. The van der Waals surface area contributed by atoms with Crippen LogP contribution in [0, 0.1) is 11.8 Å². The lowest BCUT2D eigenvalue weighted by atomic mass is 9.64. The van der Waals surface area contributed by atoms with E-state index in [1.807, 2.05) is 53.4 Å². The molecule has 4 nitrogen and oxygen atoms in total. The molecule has 1 aliphatic carbocycles. The molecule has 0 N–H and O–H groups in total. The summed E-state index contributed by atoms with van der Waals surface area (Å²) in [7, 11) is -2.31. The van der Waals surface area contributed by atoms with E-state index in [9.17, 15) is 4.79 Å². The van der Waals surface area contributed by atoms with Gasteiger partial charge in [0.2, 0.25) is 0 Å². The molecule has 49 heavy (non-hydrogen) atoms. The van der Waals surface area contributed by atoms with Gasteiger partial charge in [-0.3, -0.25) is 4.90 Å². The van der Waals surface area contributed by atoms with Crippen LogP contribution in [0.3, 0.4) is 0 Å². The van der Waals surface area contributed by atoms with Crippen molar-refractivity contribution in [3.05, 3.63) is 131 Å². The van der Waals surface area contributed by atoms with Crippen molar-refractivity contribution in [3.63, 3.8) is 0 Å². The number of amides is 1. The maximum absolute atomic E-state index is 14.2. The van der Waals surface area contributed by atoms with Crippen LogP contribution in [-0.2, 0) is 21.5 Å². The first-order valence-electron chi connectivity index (χ1n) is 18.6. The molecule has 3 aromatic carbocycles. The number of nitrogens with zero attached hydrogens (tertiary/aromatic N) is 1. The number of allylic oxidation sites excluding steroid dienone is 1. The minimum absolute atomic E-state index is 0.0554. The summed E-state index contributed by atoms with van der Waals surface area (Å²) in [5, 5.41) is 1.24. The smallest absolute Gasteiger partial charge is 0.414 e. The summed E-state index contributed by atoms with van der Waals surface area (Å²) in [6.45, 7) is 21.7. The summed E-state index contributed by atoms with van der Waals surface area (Å²) >= 11 is 0. The predicted octanol–water partition coefficient (Wildman–Crippen LogP) is 12.2. The van der Waals surface area contributed by atoms with Crippen LogP contribution in [0.25, 0.3) is 0 Å². The Morgan fingerprint density at radius 3 is 1.94 bits per heavy atom. The third kappa shape index (κ3) is 7.62. The van der Waals surface area contributed by atoms with Crippen LogP contribution in [0.5, 0.6) is 0 Å². The second-order valence-electron chi connectivity index (χ2n) is 16.0. The molecular formula is C44H59NO3Si. The van der Waals surface area contributed by atoms with Crippen molar-refractivity contribution in [2.24, 2.45) is 11.8 Å². The number of rotatable bonds is 11. The van der Waals surface area contributed by atoms with Crippen LogP contribution in [-0.4, -0.2) is 25.2 Å². The minimum atomic E-state index is -2.31. The summed E-state index contributed by atoms with van der Waals surface area (Å²) in [4.78, 5) is 16.1. The van der Waals surface area contributed by atoms with E-state index in [1.165, 1.54) is 17.2 Å². The van der Waals surface area contributed by atoms with E-state index in [-0.39, 0.29) is 30.3 Å². The molecule has 0 spiro atoms. The van der Waals surface area contributed by atoms with Gasteiger partial charge in [0, 0.05) is 12.1 Å². The highest BCUT2D eigenvalue weighted by molar-refractivity contribution is 6.90. The topological polar surface area (TPSA) is 38.8 Å². The number of benzene rings is 3. The van der Waals surface area contributed by atoms with Gasteiger partial charge in [-0.05, 0) is 68.8 Å². The van der Waals surface area contributed by atoms with Crippen LogP contribution in [0.4, 0.5) is 4.79 Å². The summed E-state index contributed by atoms with van der Waals surface area (Å²) in [5.41, 5.74) is 4.62. The molecule has 262 valence electrons. The molecule has 1 fully saturated rings. The summed E-state index contributed by atoms with van der Waals surface area (Å²) in [6, 6.07) is 30.9. The Bertz CT molecular complexity index is 1560. The summed E-state index contributed by atoms with van der Waals surface area (Å²) in [5.74, 6) is 1.92. The molecule has 0 unspecified atom stereocenters. The quantitative estimate of drug-likeness (QED) is 0.190. The van der Waals surface area contributed by atoms with Gasteiger partial charge in [0.05, 0.1) is 6.04 Å². The molecule has 2 aliphatic rings. The van der Waals surface area contributed by atoms with Crippen molar-refractivity contribution in [1.82, 2.24) is 4.90 Å². The van der Waals surface area contributed by atoms with Crippen molar-refractivity contribution in [2.75, 3.05) is 0 Å². The van der Waals surface area contributed by atoms with Gasteiger partial charge in [-0.2, -0.15) is 0 Å². The van der Waals surface area contributed by atoms with E-state index in [4.69, 9.17) is 9.47 Å². The molecule has 4 atom stereocenters. The molecule has 0 radical (unpaired) electrons. The highest BCUT2D eigenvalue weighted by Crippen LogP contribution is 2.52. The number of carbonyl (C=O) groups excluding carboxylic acids is 1. The fraction of sp³-hybridized carbons (Fsp3) is 0.477. The SMILES string of the molecule is CC(C)[Si](C1=CN(C(=O)OCc2ccccc2)[C@H](c2ccccc2)C=C1O[C@@H]1C[C@H](C)CC[C@H]1C(C)(C)c1ccccc1)(C(C)C)C(C)C. The van der Waals surface area contributed by atoms with Gasteiger partial charge in [0.1, 0.15) is 26.5 Å². The third-order valence-corrected chi connectivity index (χ3v) is 18.8. The van der Waals surface area contributed by atoms with Crippen molar-refractivity contribution < 1.29 is 14.3 Å². The van der Waals surface area contributed by atoms with Gasteiger partial charge < -0.3 is 9.47 Å². The Balaban J connectivity index is 1.63. The van der Waals surface area contributed by atoms with E-state index < -0.39 is 8.07 Å². The van der Waals surface area contributed by atoms with Crippen LogP contribution in [0.2, 0.25) is 16.6 Å². The Morgan fingerprint density at radius 2 is 1.37 bits per heavy atom. The van der Waals surface area contributed by atoms with E-state index in [1.54, 1.807) is 0 Å². The normalized spacial score (nSPS) is 21.8. The molecular weight excluding hydrogens is 619 g/mol. The maximum Gasteiger partial charge on any atom is 0.414 e. The Hall–Kier alpha value is -3.57. The zero-order valence-corrected chi connectivity index (χ0v) is 32.4. The molecule has 5 heteroatoms. The Labute approximate surface area is 297 Å². The van der Waals surface area contributed by atoms with E-state index in [0.29, 0.717) is 28.5 Å². The lowest BCUT2D eigenvalue weighted by Gasteiger charge is -2.49. The van der Waals surface area contributed by atoms with Gasteiger partial charge in [0.25, 0.3) is 0 Å². The molecule has 1 heterocycles. The van der Waals surface area contributed by atoms with E-state index in [0.717, 1.165) is 29.7 Å². The standard InChI is InChI=1S/C44H59NO3Si/c1-31(2)49(32(3)4,33(5)6)42-29-45(43(46)47-30-35-19-13-10-14-20-35)39(36-21-15-11-16-22-36)28-41(42)48-40-27-34(7)25-26-38(40)44(8,9)37-23-17-12-18-24-37/h10-24,28-29,31-34,38-40H,25-27,30H2,1-9H3/t34-,38-,39+,40-/m1/s1. The monoisotopic (exact) mass is 677 g/mol. The van der Waals surface area contributed by atoms with Gasteiger partial charge in [-0.1, -0.05) is 160 Å². The predicted molar refractivity (Wildman–Crippen MR) is 206 cm³/mol. The fourth-order valence-corrected chi connectivity index (χ4v) is 16.2. The third-order valence-electron chi connectivity index (χ3n) is 11.8. The minimum Gasteiger partial charge on any atom is -0.490 e. The largest absolute Gasteiger partial charge is 0.490 e. The zero-order valence-electron chi connectivity index (χ0n) is 31.4. The molecule has 0 aromatic heterocycles. The first kappa shape index (κ1) is 36.7. The van der Waals surface area contributed by atoms with Crippen LogP contribution >= 0.6 is 0 Å². The Morgan fingerprint density at radius 1 is 0.816 bits per heavy atom. The molecule has 0 saturated heterocycles. The molecule has 0 bridgehead atoms. The highest BCUT2D eigenvalue weighted by atomic mass is 28.3. The van der Waals surface area contributed by atoms with E-state index in [2.05, 4.69) is 117 Å². The zero-order chi connectivity index (χ0) is 35.3. The average molecular weight is 678 g/mol. The second kappa shape index (κ2) is 15.5. The van der Waals surface area contributed by atoms with Crippen molar-refractivity contribution in [1.29, 1.82) is 0 Å². The van der Waals surface area contributed by atoms with Crippen LogP contribution < -0.4 is 0 Å². The summed E-state index contributed by atoms with van der Waals surface area (Å²) < 4.78 is 13.6. The van der Waals surface area contributed by atoms with Crippen molar-refractivity contribution in [3.8, 4) is 0 Å². The van der Waals surface area contributed by atoms with E-state index >= 15 is 0 Å². The van der Waals surface area contributed by atoms with Gasteiger partial charge in [-0.25, -0.2) is 4.79 Å². The van der Waals surface area contributed by atoms with Crippen LogP contribution in [0.1, 0.15) is 104 Å². The molecule has 5 rings (SSSR count). The number of hydrogen-bond donors (Lipinski definition) is 0. The maximum atomic E-state index is 14.2. The van der Waals surface area contributed by atoms with Crippen molar-refractivity contribution >= 4 is 14.2 Å². The number of carbonyl (C=O) groups is 1. The number of ether oxygens (including phenoxy) is 2. The first-order chi connectivity index (χ1) is 23.4. The molecule has 1 saturated carbocycles. The average Bonchev–Trinajstić information content (AvgIpc) is 3.08. The summed E-state index contributed by atoms with van der Waals surface area (Å²) in [6.07, 6.45) is 7.49. The second-order valence-corrected chi connectivity index (χ2v) is 21.9. The van der Waals surface area contributed by atoms with Crippen LogP contribution in [0.15, 0.2) is 114 Å². The van der Waals surface area contributed by atoms with Gasteiger partial charge in [-0.15, -0.1) is 0 Å². The number of hydrogen-bond acceptors (Lipinski definition) is 3. The molecule has 1 aliphatic heterocycles.